The molecule has 4 N–H and O–H groups in total. The van der Waals surface area contributed by atoms with Crippen LogP contribution in [-0.4, -0.2) is 59.1 Å². The zero-order valence-corrected chi connectivity index (χ0v) is 47.9. The van der Waals surface area contributed by atoms with Gasteiger partial charge in [-0.05, 0) is 97.5 Å². The highest BCUT2D eigenvalue weighted by Crippen LogP contribution is 2.39. The lowest BCUT2D eigenvalue weighted by Gasteiger charge is -2.09. The molecule has 0 radical (unpaired) electrons. The number of benzene rings is 2. The minimum Gasteiger partial charge on any atom is -0.491 e. The number of thiophene rings is 2. The molecule has 0 aliphatic rings. The fraction of sp³-hybridized carbons (Fsp3) is 0.636. The third-order valence-corrected chi connectivity index (χ3v) is 16.5. The number of aryl methyl sites for hydroxylation is 2. The molecule has 2 aromatic heterocycles. The molecule has 410 valence electrons. The van der Waals surface area contributed by atoms with Crippen molar-refractivity contribution < 1.29 is 29.9 Å². The van der Waals surface area contributed by atoms with Gasteiger partial charge in [0.05, 0.1) is 23.0 Å². The maximum absolute atomic E-state index is 9.73. The van der Waals surface area contributed by atoms with E-state index >= 15 is 0 Å². The molecule has 74 heavy (non-hydrogen) atoms. The summed E-state index contributed by atoms with van der Waals surface area (Å²) in [6.07, 6.45) is 43.7. The molecule has 0 spiro atoms. The Hall–Kier alpha value is -3.60. The van der Waals surface area contributed by atoms with Gasteiger partial charge in [0.1, 0.15) is 36.9 Å². The third-order valence-electron chi connectivity index (χ3n) is 14.1. The van der Waals surface area contributed by atoms with Crippen LogP contribution in [0, 0.1) is 23.7 Å². The molecule has 4 aromatic rings. The van der Waals surface area contributed by atoms with E-state index in [-0.39, 0.29) is 26.4 Å². The van der Waals surface area contributed by atoms with Crippen molar-refractivity contribution in [2.75, 3.05) is 26.4 Å². The van der Waals surface area contributed by atoms with E-state index in [1.165, 1.54) is 214 Å². The van der Waals surface area contributed by atoms with E-state index in [2.05, 4.69) is 49.7 Å². The lowest BCUT2D eigenvalue weighted by molar-refractivity contribution is 0.0536. The first-order valence-corrected chi connectivity index (χ1v) is 31.4. The highest BCUT2D eigenvalue weighted by Gasteiger charge is 2.15. The van der Waals surface area contributed by atoms with Crippen molar-refractivity contribution in [2.45, 2.75) is 244 Å². The lowest BCUT2D eigenvalue weighted by Crippen LogP contribution is -2.21. The predicted octanol–water partition coefficient (Wildman–Crippen LogP) is 17.3. The average Bonchev–Trinajstić information content (AvgIpc) is 4.04. The molecule has 0 saturated heterocycles. The van der Waals surface area contributed by atoms with Crippen molar-refractivity contribution in [3.63, 3.8) is 0 Å². The molecule has 4 rings (SSSR count). The van der Waals surface area contributed by atoms with E-state index in [1.807, 2.05) is 48.5 Å². The molecule has 2 atom stereocenters. The number of rotatable bonds is 43. The average molecular weight is 1050 g/mol. The highest BCUT2D eigenvalue weighted by molar-refractivity contribution is 7.22. The van der Waals surface area contributed by atoms with Gasteiger partial charge in [-0.2, -0.15) is 0 Å². The second kappa shape index (κ2) is 41.5. The van der Waals surface area contributed by atoms with Gasteiger partial charge >= 0.3 is 0 Å². The zero-order valence-electron chi connectivity index (χ0n) is 46.2. The molecule has 2 unspecified atom stereocenters. The molecule has 2 aromatic carbocycles. The SMILES string of the molecule is CCCCCCCCCCCCCCCCCCc1cc(-c2cc(CCCCCCCCCCCCCCCCCC)c(C#Cc3ccc(OCC(O)CO)cc3)s2)sc1C#Cc1ccc(OCC(O)CO)cc1. The number of unbranched alkanes of at least 4 members (excludes halogenated alkanes) is 30. The molecule has 0 aliphatic heterocycles. The van der Waals surface area contributed by atoms with Crippen LogP contribution >= 0.6 is 22.7 Å². The van der Waals surface area contributed by atoms with Crippen LogP contribution in [0.2, 0.25) is 0 Å². The van der Waals surface area contributed by atoms with Crippen LogP contribution in [0.25, 0.3) is 9.75 Å². The Bertz CT molecular complexity index is 1960. The highest BCUT2D eigenvalue weighted by atomic mass is 32.1. The number of aliphatic hydroxyl groups is 4. The van der Waals surface area contributed by atoms with Gasteiger partial charge in [0.15, 0.2) is 0 Å². The van der Waals surface area contributed by atoms with Crippen molar-refractivity contribution in [3.8, 4) is 44.9 Å². The minimum absolute atomic E-state index is 0.0428. The van der Waals surface area contributed by atoms with Crippen LogP contribution < -0.4 is 9.47 Å². The van der Waals surface area contributed by atoms with E-state index in [0.717, 1.165) is 46.6 Å². The van der Waals surface area contributed by atoms with E-state index in [1.54, 1.807) is 22.7 Å². The molecular formula is C66H98O6S2. The molecule has 0 bridgehead atoms. The van der Waals surface area contributed by atoms with E-state index in [0.29, 0.717) is 11.5 Å². The Balaban J connectivity index is 1.39. The summed E-state index contributed by atoms with van der Waals surface area (Å²) < 4.78 is 11.3. The second-order valence-corrected chi connectivity index (χ2v) is 23.0. The van der Waals surface area contributed by atoms with Crippen LogP contribution in [-0.2, 0) is 12.8 Å². The fourth-order valence-corrected chi connectivity index (χ4v) is 11.6. The quantitative estimate of drug-likeness (QED) is 0.0260. The van der Waals surface area contributed by atoms with Crippen LogP contribution in [0.1, 0.15) is 251 Å². The third kappa shape index (κ3) is 28.5. The van der Waals surface area contributed by atoms with Gasteiger partial charge in [-0.15, -0.1) is 22.7 Å². The first kappa shape index (κ1) is 62.9. The Morgan fingerprint density at radius 2 is 0.649 bits per heavy atom. The molecular weight excluding hydrogens is 953 g/mol. The number of hydrogen-bond acceptors (Lipinski definition) is 8. The first-order chi connectivity index (χ1) is 36.4. The van der Waals surface area contributed by atoms with E-state index in [9.17, 15) is 20.4 Å². The molecule has 6 nitrogen and oxygen atoms in total. The summed E-state index contributed by atoms with van der Waals surface area (Å²) in [6, 6.07) is 20.1. The molecule has 2 heterocycles. The normalized spacial score (nSPS) is 12.0. The monoisotopic (exact) mass is 1050 g/mol. The summed E-state index contributed by atoms with van der Waals surface area (Å²) in [6.45, 7) is 4.00. The summed E-state index contributed by atoms with van der Waals surface area (Å²) in [5, 5.41) is 37.8. The Labute approximate surface area is 458 Å². The summed E-state index contributed by atoms with van der Waals surface area (Å²) in [5.41, 5.74) is 4.46. The molecule has 0 saturated carbocycles. The van der Waals surface area contributed by atoms with Gasteiger partial charge in [-0.25, -0.2) is 0 Å². The maximum Gasteiger partial charge on any atom is 0.119 e. The van der Waals surface area contributed by atoms with Crippen molar-refractivity contribution in [3.05, 3.63) is 92.7 Å². The molecule has 0 aliphatic carbocycles. The minimum atomic E-state index is -0.907. The first-order valence-electron chi connectivity index (χ1n) is 29.8. The molecule has 8 heteroatoms. The number of hydrogen-bond donors (Lipinski definition) is 4. The standard InChI is InChI=1S/C66H98O6S2/c1-3-5-7-9-11-13-15-17-19-21-23-25-27-29-31-33-35-57-49-65(73-63(57)47-41-55-37-43-61(44-38-55)71-53-59(69)51-67)66-50-58(36-34-32-30-28-26-24-22-20-18-16-14-12-10-8-6-4-2)64(74-66)48-42-56-39-45-62(46-40-56)72-54-60(70)52-68/h37-40,43-46,49-50,59-60,67-70H,3-36,51-54H2,1-2H3. The lowest BCUT2D eigenvalue weighted by atomic mass is 10.0. The van der Waals surface area contributed by atoms with Gasteiger partial charge in [-0.1, -0.05) is 230 Å². The summed E-state index contributed by atoms with van der Waals surface area (Å²) in [5.74, 6) is 15.3. The van der Waals surface area contributed by atoms with Crippen molar-refractivity contribution in [2.24, 2.45) is 0 Å². The second-order valence-electron chi connectivity index (χ2n) is 20.9. The maximum atomic E-state index is 9.73. The Morgan fingerprint density at radius 3 is 0.919 bits per heavy atom. The number of ether oxygens (including phenoxy) is 2. The summed E-state index contributed by atoms with van der Waals surface area (Å²) in [4.78, 5) is 4.76. The smallest absolute Gasteiger partial charge is 0.119 e. The largest absolute Gasteiger partial charge is 0.491 e. The zero-order chi connectivity index (χ0) is 52.5. The van der Waals surface area contributed by atoms with Gasteiger partial charge < -0.3 is 29.9 Å². The topological polar surface area (TPSA) is 99.4 Å². The Kier molecular flexibility index (Phi) is 35.3. The van der Waals surface area contributed by atoms with Crippen LogP contribution in [0.5, 0.6) is 11.5 Å². The van der Waals surface area contributed by atoms with Crippen molar-refractivity contribution in [1.82, 2.24) is 0 Å². The van der Waals surface area contributed by atoms with Crippen molar-refractivity contribution in [1.29, 1.82) is 0 Å². The van der Waals surface area contributed by atoms with Gasteiger partial charge in [0.2, 0.25) is 0 Å². The molecule has 0 amide bonds. The van der Waals surface area contributed by atoms with Crippen LogP contribution in [0.15, 0.2) is 60.7 Å². The predicted molar refractivity (Wildman–Crippen MR) is 316 cm³/mol. The van der Waals surface area contributed by atoms with E-state index in [4.69, 9.17) is 9.47 Å². The number of aliphatic hydroxyl groups excluding tert-OH is 4. The van der Waals surface area contributed by atoms with Gasteiger partial charge in [0.25, 0.3) is 0 Å². The molecule has 0 fully saturated rings. The van der Waals surface area contributed by atoms with Crippen molar-refractivity contribution >= 4 is 22.7 Å². The summed E-state index contributed by atoms with van der Waals surface area (Å²) in [7, 11) is 0. The van der Waals surface area contributed by atoms with Crippen LogP contribution in [0.3, 0.4) is 0 Å². The van der Waals surface area contributed by atoms with Gasteiger partial charge in [0, 0.05) is 20.9 Å². The fourth-order valence-electron chi connectivity index (χ4n) is 9.43. The summed E-state index contributed by atoms with van der Waals surface area (Å²) >= 11 is 3.60. The Morgan fingerprint density at radius 1 is 0.378 bits per heavy atom. The van der Waals surface area contributed by atoms with Gasteiger partial charge in [-0.3, -0.25) is 0 Å². The van der Waals surface area contributed by atoms with E-state index < -0.39 is 12.2 Å². The van der Waals surface area contributed by atoms with Crippen LogP contribution in [0.4, 0.5) is 0 Å².